The molecule has 7 heteroatoms. The second kappa shape index (κ2) is 6.43. The summed E-state index contributed by atoms with van der Waals surface area (Å²) in [6.45, 7) is 1.23. The summed E-state index contributed by atoms with van der Waals surface area (Å²) >= 11 is 0. The van der Waals surface area contributed by atoms with Crippen molar-refractivity contribution in [2.45, 2.75) is 19.3 Å². The third kappa shape index (κ3) is 3.62. The summed E-state index contributed by atoms with van der Waals surface area (Å²) in [5, 5.41) is 19.9. The van der Waals surface area contributed by atoms with Crippen LogP contribution in [0.15, 0.2) is 18.2 Å². The second-order valence-electron chi connectivity index (χ2n) is 5.14. The SMILES string of the molecule is COc1ccc([N+](=O)[O-])c(N2CCC(CC(=O)O)CC2)c1. The Hall–Kier alpha value is -2.31. The molecule has 1 fully saturated rings. The minimum atomic E-state index is -0.791. The van der Waals surface area contributed by atoms with Crippen molar-refractivity contribution < 1.29 is 19.6 Å². The number of benzene rings is 1. The molecule has 0 saturated carbocycles. The molecular formula is C14H18N2O5. The van der Waals surface area contributed by atoms with Gasteiger partial charge in [0.1, 0.15) is 11.4 Å². The summed E-state index contributed by atoms with van der Waals surface area (Å²) in [5.41, 5.74) is 0.584. The standard InChI is InChI=1S/C14H18N2O5/c1-21-11-2-3-12(16(19)20)13(9-11)15-6-4-10(5-7-15)8-14(17)18/h2-3,9-10H,4-8H2,1H3,(H,17,18). The fourth-order valence-corrected chi connectivity index (χ4v) is 2.66. The Morgan fingerprint density at radius 1 is 1.48 bits per heavy atom. The predicted octanol–water partition coefficient (Wildman–Crippen LogP) is 2.29. The molecular weight excluding hydrogens is 276 g/mol. The van der Waals surface area contributed by atoms with Crippen LogP contribution < -0.4 is 9.64 Å². The van der Waals surface area contributed by atoms with Crippen molar-refractivity contribution in [3.05, 3.63) is 28.3 Å². The van der Waals surface area contributed by atoms with Crippen LogP contribution in [0.5, 0.6) is 5.75 Å². The molecule has 1 aliphatic heterocycles. The Balaban J connectivity index is 2.15. The normalized spacial score (nSPS) is 15.8. The molecule has 114 valence electrons. The highest BCUT2D eigenvalue weighted by atomic mass is 16.6. The Kier molecular flexibility index (Phi) is 4.62. The van der Waals surface area contributed by atoms with E-state index in [0.29, 0.717) is 24.5 Å². The zero-order valence-corrected chi connectivity index (χ0v) is 11.8. The Morgan fingerprint density at radius 2 is 2.14 bits per heavy atom. The van der Waals surface area contributed by atoms with Gasteiger partial charge in [-0.2, -0.15) is 0 Å². The number of hydrogen-bond donors (Lipinski definition) is 1. The van der Waals surface area contributed by atoms with Gasteiger partial charge in [-0.3, -0.25) is 14.9 Å². The van der Waals surface area contributed by atoms with Crippen LogP contribution in [0.1, 0.15) is 19.3 Å². The molecule has 1 aliphatic rings. The van der Waals surface area contributed by atoms with E-state index in [1.807, 2.05) is 4.90 Å². The van der Waals surface area contributed by atoms with Crippen LogP contribution in [-0.4, -0.2) is 36.2 Å². The second-order valence-corrected chi connectivity index (χ2v) is 5.14. The first-order chi connectivity index (χ1) is 10.0. The van der Waals surface area contributed by atoms with E-state index >= 15 is 0 Å². The van der Waals surface area contributed by atoms with Gasteiger partial charge in [0.2, 0.25) is 0 Å². The predicted molar refractivity (Wildman–Crippen MR) is 76.8 cm³/mol. The van der Waals surface area contributed by atoms with E-state index in [9.17, 15) is 14.9 Å². The molecule has 21 heavy (non-hydrogen) atoms. The molecule has 0 atom stereocenters. The third-order valence-corrected chi connectivity index (χ3v) is 3.80. The number of aliphatic carboxylic acids is 1. The maximum absolute atomic E-state index is 11.1. The largest absolute Gasteiger partial charge is 0.497 e. The smallest absolute Gasteiger partial charge is 0.303 e. The third-order valence-electron chi connectivity index (χ3n) is 3.80. The molecule has 0 bridgehead atoms. The zero-order valence-electron chi connectivity index (χ0n) is 11.8. The molecule has 1 heterocycles. The molecule has 1 saturated heterocycles. The molecule has 0 radical (unpaired) electrons. The highest BCUT2D eigenvalue weighted by Crippen LogP contribution is 2.35. The van der Waals surface area contributed by atoms with Crippen LogP contribution in [0, 0.1) is 16.0 Å². The lowest BCUT2D eigenvalue weighted by molar-refractivity contribution is -0.384. The maximum atomic E-state index is 11.1. The number of carbonyl (C=O) groups is 1. The van der Waals surface area contributed by atoms with Gasteiger partial charge in [-0.05, 0) is 24.8 Å². The van der Waals surface area contributed by atoms with Crippen LogP contribution in [-0.2, 0) is 4.79 Å². The fourth-order valence-electron chi connectivity index (χ4n) is 2.66. The first-order valence-electron chi connectivity index (χ1n) is 6.80. The van der Waals surface area contributed by atoms with Crippen LogP contribution >= 0.6 is 0 Å². The van der Waals surface area contributed by atoms with E-state index in [1.165, 1.54) is 13.2 Å². The number of nitrogens with zero attached hydrogens (tertiary/aromatic N) is 2. The van der Waals surface area contributed by atoms with E-state index in [2.05, 4.69) is 0 Å². The topological polar surface area (TPSA) is 92.9 Å². The molecule has 0 aliphatic carbocycles. The van der Waals surface area contributed by atoms with Gasteiger partial charge in [0.15, 0.2) is 0 Å². The van der Waals surface area contributed by atoms with Crippen molar-refractivity contribution in [1.82, 2.24) is 0 Å². The number of nitro groups is 1. The van der Waals surface area contributed by atoms with Crippen molar-refractivity contribution in [3.63, 3.8) is 0 Å². The Morgan fingerprint density at radius 3 is 2.67 bits per heavy atom. The van der Waals surface area contributed by atoms with E-state index in [-0.39, 0.29) is 18.0 Å². The van der Waals surface area contributed by atoms with Gasteiger partial charge in [-0.15, -0.1) is 0 Å². The zero-order chi connectivity index (χ0) is 15.4. The highest BCUT2D eigenvalue weighted by Gasteiger charge is 2.26. The van der Waals surface area contributed by atoms with Gasteiger partial charge in [-0.1, -0.05) is 0 Å². The fraction of sp³-hybridized carbons (Fsp3) is 0.500. The molecule has 7 nitrogen and oxygen atoms in total. The van der Waals surface area contributed by atoms with Crippen molar-refractivity contribution in [3.8, 4) is 5.75 Å². The summed E-state index contributed by atoms with van der Waals surface area (Å²) in [5.74, 6) is -0.0764. The number of nitro benzene ring substituents is 1. The lowest BCUT2D eigenvalue weighted by Gasteiger charge is -2.32. The van der Waals surface area contributed by atoms with Gasteiger partial charge in [0.05, 0.1) is 12.0 Å². The average Bonchev–Trinajstić information content (AvgIpc) is 2.46. The van der Waals surface area contributed by atoms with Crippen LogP contribution in [0.2, 0.25) is 0 Å². The minimum Gasteiger partial charge on any atom is -0.497 e. The van der Waals surface area contributed by atoms with Crippen molar-refractivity contribution >= 4 is 17.3 Å². The molecule has 0 amide bonds. The van der Waals surface area contributed by atoms with E-state index in [1.54, 1.807) is 12.1 Å². The van der Waals surface area contributed by atoms with E-state index in [0.717, 1.165) is 12.8 Å². The van der Waals surface area contributed by atoms with Gasteiger partial charge >= 0.3 is 5.97 Å². The van der Waals surface area contributed by atoms with Crippen molar-refractivity contribution in [2.24, 2.45) is 5.92 Å². The number of ether oxygens (including phenoxy) is 1. The molecule has 1 N–H and O–H groups in total. The number of carboxylic acids is 1. The maximum Gasteiger partial charge on any atom is 0.303 e. The molecule has 1 aromatic carbocycles. The van der Waals surface area contributed by atoms with Crippen molar-refractivity contribution in [1.29, 1.82) is 0 Å². The first kappa shape index (κ1) is 15.1. The number of carboxylic acid groups (broad SMARTS) is 1. The molecule has 2 rings (SSSR count). The Bertz CT molecular complexity index is 538. The molecule has 0 unspecified atom stereocenters. The average molecular weight is 294 g/mol. The van der Waals surface area contributed by atoms with Gasteiger partial charge < -0.3 is 14.7 Å². The summed E-state index contributed by atoms with van der Waals surface area (Å²) in [6.07, 6.45) is 1.61. The minimum absolute atomic E-state index is 0.0486. The first-order valence-corrected chi connectivity index (χ1v) is 6.80. The summed E-state index contributed by atoms with van der Waals surface area (Å²) in [6, 6.07) is 4.67. The monoisotopic (exact) mass is 294 g/mol. The quantitative estimate of drug-likeness (QED) is 0.661. The van der Waals surface area contributed by atoms with Gasteiger partial charge in [0, 0.05) is 31.6 Å². The lowest BCUT2D eigenvalue weighted by atomic mass is 9.93. The van der Waals surface area contributed by atoms with Crippen LogP contribution in [0.3, 0.4) is 0 Å². The number of rotatable bonds is 5. The Labute approximate surface area is 122 Å². The number of hydrogen-bond acceptors (Lipinski definition) is 5. The van der Waals surface area contributed by atoms with E-state index in [4.69, 9.17) is 9.84 Å². The van der Waals surface area contributed by atoms with Crippen LogP contribution in [0.4, 0.5) is 11.4 Å². The van der Waals surface area contributed by atoms with Crippen LogP contribution in [0.25, 0.3) is 0 Å². The number of anilines is 1. The lowest BCUT2D eigenvalue weighted by Crippen LogP contribution is -2.34. The van der Waals surface area contributed by atoms with Crippen molar-refractivity contribution in [2.75, 3.05) is 25.1 Å². The number of piperidine rings is 1. The summed E-state index contributed by atoms with van der Waals surface area (Å²) in [7, 11) is 1.52. The number of methoxy groups -OCH3 is 1. The van der Waals surface area contributed by atoms with E-state index < -0.39 is 10.9 Å². The van der Waals surface area contributed by atoms with Gasteiger partial charge in [0.25, 0.3) is 5.69 Å². The summed E-state index contributed by atoms with van der Waals surface area (Å²) in [4.78, 5) is 23.4. The molecule has 1 aromatic rings. The highest BCUT2D eigenvalue weighted by molar-refractivity contribution is 5.68. The van der Waals surface area contributed by atoms with Gasteiger partial charge in [-0.25, -0.2) is 0 Å². The summed E-state index contributed by atoms with van der Waals surface area (Å²) < 4.78 is 5.13. The molecule has 0 aromatic heterocycles. The molecule has 0 spiro atoms.